The van der Waals surface area contributed by atoms with Crippen molar-refractivity contribution >= 4 is 17.5 Å². The van der Waals surface area contributed by atoms with Gasteiger partial charge in [-0.15, -0.1) is 0 Å². The number of ether oxygens (including phenoxy) is 1. The lowest BCUT2D eigenvalue weighted by Crippen LogP contribution is -2.22. The van der Waals surface area contributed by atoms with Crippen LogP contribution in [0.2, 0.25) is 0 Å². The highest BCUT2D eigenvalue weighted by Crippen LogP contribution is 2.26. The third-order valence-corrected chi connectivity index (χ3v) is 3.79. The Morgan fingerprint density at radius 2 is 2.00 bits per heavy atom. The molecule has 5 nitrogen and oxygen atoms in total. The molecule has 1 aliphatic rings. The average Bonchev–Trinajstić information content (AvgIpc) is 3.02. The van der Waals surface area contributed by atoms with E-state index in [9.17, 15) is 9.59 Å². The van der Waals surface area contributed by atoms with Gasteiger partial charge in [0.25, 0.3) is 5.91 Å². The molecule has 0 bridgehead atoms. The van der Waals surface area contributed by atoms with E-state index in [2.05, 4.69) is 10.6 Å². The largest absolute Gasteiger partial charge is 0.493 e. The molecule has 0 saturated heterocycles. The highest BCUT2D eigenvalue weighted by atomic mass is 16.5. The predicted molar refractivity (Wildman–Crippen MR) is 87.8 cm³/mol. The van der Waals surface area contributed by atoms with Crippen molar-refractivity contribution in [1.29, 1.82) is 0 Å². The van der Waals surface area contributed by atoms with Gasteiger partial charge in [0.1, 0.15) is 5.75 Å². The lowest BCUT2D eigenvalue weighted by Gasteiger charge is -2.10. The van der Waals surface area contributed by atoms with Crippen LogP contribution in [-0.2, 0) is 17.6 Å². The molecule has 0 saturated carbocycles. The first-order chi connectivity index (χ1) is 11.2. The molecule has 2 amide bonds. The summed E-state index contributed by atoms with van der Waals surface area (Å²) >= 11 is 0. The first kappa shape index (κ1) is 15.1. The van der Waals surface area contributed by atoms with Crippen molar-refractivity contribution in [3.05, 3.63) is 59.2 Å². The molecule has 0 aromatic heterocycles. The number of hydrogen-bond acceptors (Lipinski definition) is 3. The number of fused-ring (bicyclic) bond motifs is 1. The zero-order chi connectivity index (χ0) is 16.2. The van der Waals surface area contributed by atoms with Crippen LogP contribution in [0, 0.1) is 0 Å². The molecule has 0 radical (unpaired) electrons. The maximum absolute atomic E-state index is 12.3. The van der Waals surface area contributed by atoms with E-state index in [0.717, 1.165) is 23.3 Å². The fourth-order valence-corrected chi connectivity index (χ4v) is 2.65. The van der Waals surface area contributed by atoms with E-state index in [1.807, 2.05) is 18.2 Å². The number of rotatable bonds is 4. The summed E-state index contributed by atoms with van der Waals surface area (Å²) in [6, 6.07) is 12.8. The molecule has 1 heterocycles. The maximum Gasteiger partial charge on any atom is 0.253 e. The molecule has 1 aliphatic heterocycles. The Kier molecular flexibility index (Phi) is 4.28. The molecular weight excluding hydrogens is 292 g/mol. The van der Waals surface area contributed by atoms with Gasteiger partial charge < -0.3 is 15.4 Å². The monoisotopic (exact) mass is 310 g/mol. The van der Waals surface area contributed by atoms with E-state index in [0.29, 0.717) is 17.9 Å². The molecule has 23 heavy (non-hydrogen) atoms. The Labute approximate surface area is 134 Å². The molecule has 0 spiro atoms. The Balaban J connectivity index is 1.72. The SMILES string of the molecule is CNC(=O)c1ccccc1NC(=O)Cc1ccc2c(c1)CCO2. The minimum Gasteiger partial charge on any atom is -0.493 e. The number of para-hydroxylation sites is 1. The lowest BCUT2D eigenvalue weighted by atomic mass is 10.1. The van der Waals surface area contributed by atoms with Crippen molar-refractivity contribution in [1.82, 2.24) is 5.32 Å². The number of anilines is 1. The van der Waals surface area contributed by atoms with Crippen LogP contribution in [0.3, 0.4) is 0 Å². The van der Waals surface area contributed by atoms with Gasteiger partial charge in [0, 0.05) is 13.5 Å². The molecule has 2 aromatic rings. The van der Waals surface area contributed by atoms with Crippen molar-refractivity contribution in [3.63, 3.8) is 0 Å². The fraction of sp³-hybridized carbons (Fsp3) is 0.222. The zero-order valence-corrected chi connectivity index (χ0v) is 12.9. The van der Waals surface area contributed by atoms with E-state index < -0.39 is 0 Å². The number of nitrogens with one attached hydrogen (secondary N) is 2. The van der Waals surface area contributed by atoms with Crippen LogP contribution in [-0.4, -0.2) is 25.5 Å². The molecule has 5 heteroatoms. The molecule has 118 valence electrons. The maximum atomic E-state index is 12.3. The summed E-state index contributed by atoms with van der Waals surface area (Å²) in [5.41, 5.74) is 3.04. The van der Waals surface area contributed by atoms with Crippen molar-refractivity contribution in [2.24, 2.45) is 0 Å². The van der Waals surface area contributed by atoms with Gasteiger partial charge in [0.2, 0.25) is 5.91 Å². The Morgan fingerprint density at radius 1 is 1.17 bits per heavy atom. The van der Waals surface area contributed by atoms with E-state index in [4.69, 9.17) is 4.74 Å². The third kappa shape index (κ3) is 3.34. The summed E-state index contributed by atoms with van der Waals surface area (Å²) in [5, 5.41) is 5.38. The first-order valence-corrected chi connectivity index (χ1v) is 7.53. The van der Waals surface area contributed by atoms with Crippen molar-refractivity contribution in [2.75, 3.05) is 19.0 Å². The topological polar surface area (TPSA) is 67.4 Å². The summed E-state index contributed by atoms with van der Waals surface area (Å²) in [5.74, 6) is 0.523. The fourth-order valence-electron chi connectivity index (χ4n) is 2.65. The molecule has 3 rings (SSSR count). The smallest absolute Gasteiger partial charge is 0.253 e. The van der Waals surface area contributed by atoms with Gasteiger partial charge in [-0.3, -0.25) is 9.59 Å². The molecule has 2 aromatic carbocycles. The summed E-state index contributed by atoms with van der Waals surface area (Å²) < 4.78 is 5.46. The van der Waals surface area contributed by atoms with Crippen molar-refractivity contribution in [3.8, 4) is 5.75 Å². The van der Waals surface area contributed by atoms with Crippen LogP contribution in [0.5, 0.6) is 5.75 Å². The number of carbonyl (C=O) groups excluding carboxylic acids is 2. The molecule has 2 N–H and O–H groups in total. The van der Waals surface area contributed by atoms with Crippen molar-refractivity contribution in [2.45, 2.75) is 12.8 Å². The molecular formula is C18H18N2O3. The molecule has 0 aliphatic carbocycles. The van der Waals surface area contributed by atoms with Crippen LogP contribution in [0.25, 0.3) is 0 Å². The average molecular weight is 310 g/mol. The number of benzene rings is 2. The van der Waals surface area contributed by atoms with Gasteiger partial charge >= 0.3 is 0 Å². The standard InChI is InChI=1S/C18H18N2O3/c1-19-18(22)14-4-2-3-5-15(14)20-17(21)11-12-6-7-16-13(10-12)8-9-23-16/h2-7,10H,8-9,11H2,1H3,(H,19,22)(H,20,21). The summed E-state index contributed by atoms with van der Waals surface area (Å²) in [6.07, 6.45) is 1.14. The Morgan fingerprint density at radius 3 is 2.83 bits per heavy atom. The second-order valence-electron chi connectivity index (χ2n) is 5.39. The molecule has 0 atom stereocenters. The summed E-state index contributed by atoms with van der Waals surface area (Å²) in [7, 11) is 1.56. The molecule has 0 unspecified atom stereocenters. The second-order valence-corrected chi connectivity index (χ2v) is 5.39. The van der Waals surface area contributed by atoms with Gasteiger partial charge in [0.05, 0.1) is 24.3 Å². The number of carbonyl (C=O) groups is 2. The summed E-state index contributed by atoms with van der Waals surface area (Å²) in [6.45, 7) is 0.699. The van der Waals surface area contributed by atoms with Crippen LogP contribution in [0.1, 0.15) is 21.5 Å². The van der Waals surface area contributed by atoms with Crippen LogP contribution >= 0.6 is 0 Å². The van der Waals surface area contributed by atoms with E-state index >= 15 is 0 Å². The number of amides is 2. The van der Waals surface area contributed by atoms with Gasteiger partial charge in [-0.05, 0) is 29.3 Å². The van der Waals surface area contributed by atoms with Crippen LogP contribution in [0.15, 0.2) is 42.5 Å². The summed E-state index contributed by atoms with van der Waals surface area (Å²) in [4.78, 5) is 24.1. The minimum absolute atomic E-state index is 0.153. The second kappa shape index (κ2) is 6.52. The quantitative estimate of drug-likeness (QED) is 0.909. The Hall–Kier alpha value is -2.82. The van der Waals surface area contributed by atoms with E-state index in [1.165, 1.54) is 0 Å². The highest BCUT2D eigenvalue weighted by molar-refractivity contribution is 6.03. The third-order valence-electron chi connectivity index (χ3n) is 3.79. The molecule has 0 fully saturated rings. The van der Waals surface area contributed by atoms with E-state index in [-0.39, 0.29) is 18.2 Å². The van der Waals surface area contributed by atoms with Crippen LogP contribution < -0.4 is 15.4 Å². The van der Waals surface area contributed by atoms with Gasteiger partial charge in [-0.25, -0.2) is 0 Å². The van der Waals surface area contributed by atoms with Gasteiger partial charge in [-0.1, -0.05) is 24.3 Å². The van der Waals surface area contributed by atoms with Crippen molar-refractivity contribution < 1.29 is 14.3 Å². The minimum atomic E-state index is -0.226. The van der Waals surface area contributed by atoms with Crippen LogP contribution in [0.4, 0.5) is 5.69 Å². The first-order valence-electron chi connectivity index (χ1n) is 7.53. The Bertz CT molecular complexity index is 756. The van der Waals surface area contributed by atoms with Gasteiger partial charge in [0.15, 0.2) is 0 Å². The highest BCUT2D eigenvalue weighted by Gasteiger charge is 2.15. The van der Waals surface area contributed by atoms with E-state index in [1.54, 1.807) is 31.3 Å². The predicted octanol–water partition coefficient (Wildman–Crippen LogP) is 2.16. The zero-order valence-electron chi connectivity index (χ0n) is 12.9. The lowest BCUT2D eigenvalue weighted by molar-refractivity contribution is -0.115. The van der Waals surface area contributed by atoms with Gasteiger partial charge in [-0.2, -0.15) is 0 Å². The normalized spacial score (nSPS) is 12.2. The number of hydrogen-bond donors (Lipinski definition) is 2.